The van der Waals surface area contributed by atoms with Gasteiger partial charge in [0.25, 0.3) is 0 Å². The fourth-order valence-corrected chi connectivity index (χ4v) is 3.05. The fraction of sp³-hybridized carbons (Fsp3) is 0.462. The Bertz CT molecular complexity index is 537. The Hall–Kier alpha value is -1.40. The summed E-state index contributed by atoms with van der Waals surface area (Å²) in [5.74, 6) is 1.96. The van der Waals surface area contributed by atoms with Crippen molar-refractivity contribution in [3.63, 3.8) is 0 Å². The van der Waals surface area contributed by atoms with Crippen molar-refractivity contribution in [2.24, 2.45) is 5.73 Å². The van der Waals surface area contributed by atoms with Gasteiger partial charge in [0.2, 0.25) is 5.89 Å². The van der Waals surface area contributed by atoms with Crippen LogP contribution in [0, 0.1) is 0 Å². The quantitative estimate of drug-likeness (QED) is 0.864. The SMILES string of the molecule is NC1(c2noc(CSc3ccncc3)n2)CCCC1. The van der Waals surface area contributed by atoms with Gasteiger partial charge in [-0.1, -0.05) is 18.0 Å². The lowest BCUT2D eigenvalue weighted by atomic mass is 9.99. The highest BCUT2D eigenvalue weighted by Crippen LogP contribution is 2.34. The number of nitrogens with two attached hydrogens (primary N) is 1. The highest BCUT2D eigenvalue weighted by molar-refractivity contribution is 7.98. The third-order valence-corrected chi connectivity index (χ3v) is 4.42. The van der Waals surface area contributed by atoms with Crippen LogP contribution in [0.5, 0.6) is 0 Å². The minimum Gasteiger partial charge on any atom is -0.338 e. The van der Waals surface area contributed by atoms with E-state index >= 15 is 0 Å². The highest BCUT2D eigenvalue weighted by Gasteiger charge is 2.35. The summed E-state index contributed by atoms with van der Waals surface area (Å²) in [6.45, 7) is 0. The van der Waals surface area contributed by atoms with Gasteiger partial charge in [-0.25, -0.2) is 0 Å². The van der Waals surface area contributed by atoms with Crippen molar-refractivity contribution >= 4 is 11.8 Å². The zero-order valence-corrected chi connectivity index (χ0v) is 11.4. The van der Waals surface area contributed by atoms with Crippen molar-refractivity contribution in [1.29, 1.82) is 0 Å². The first-order chi connectivity index (χ1) is 9.26. The Kier molecular flexibility index (Phi) is 3.52. The van der Waals surface area contributed by atoms with Gasteiger partial charge < -0.3 is 10.3 Å². The third-order valence-electron chi connectivity index (χ3n) is 3.42. The standard InChI is InChI=1S/C13H16N4OS/c14-13(5-1-2-6-13)12-16-11(18-17-12)9-19-10-3-7-15-8-4-10/h3-4,7-8H,1-2,5-6,9,14H2. The lowest BCUT2D eigenvalue weighted by molar-refractivity contribution is 0.355. The number of rotatable bonds is 4. The second kappa shape index (κ2) is 5.30. The Balaban J connectivity index is 1.65. The van der Waals surface area contributed by atoms with E-state index < -0.39 is 0 Å². The molecule has 0 bridgehead atoms. The third kappa shape index (κ3) is 2.79. The Morgan fingerprint density at radius 3 is 2.74 bits per heavy atom. The molecule has 0 aliphatic heterocycles. The lowest BCUT2D eigenvalue weighted by Crippen LogP contribution is -2.34. The molecule has 0 spiro atoms. The van der Waals surface area contributed by atoms with Gasteiger partial charge in [0.1, 0.15) is 0 Å². The van der Waals surface area contributed by atoms with E-state index in [9.17, 15) is 0 Å². The molecule has 1 saturated carbocycles. The van der Waals surface area contributed by atoms with Crippen LogP contribution in [0.3, 0.4) is 0 Å². The molecular weight excluding hydrogens is 260 g/mol. The van der Waals surface area contributed by atoms with Crippen LogP contribution in [-0.4, -0.2) is 15.1 Å². The number of hydrogen-bond donors (Lipinski definition) is 1. The summed E-state index contributed by atoms with van der Waals surface area (Å²) in [5, 5.41) is 4.05. The maximum absolute atomic E-state index is 6.30. The smallest absolute Gasteiger partial charge is 0.237 e. The minimum absolute atomic E-state index is 0.372. The van der Waals surface area contributed by atoms with Crippen molar-refractivity contribution in [2.45, 2.75) is 41.9 Å². The molecule has 3 rings (SSSR count). The topological polar surface area (TPSA) is 77.8 Å². The van der Waals surface area contributed by atoms with E-state index in [-0.39, 0.29) is 5.54 Å². The van der Waals surface area contributed by atoms with Crippen LogP contribution < -0.4 is 5.73 Å². The molecule has 2 aromatic rings. The van der Waals surface area contributed by atoms with Crippen molar-refractivity contribution in [3.05, 3.63) is 36.2 Å². The van der Waals surface area contributed by atoms with Gasteiger partial charge in [0.05, 0.1) is 11.3 Å². The number of pyridine rings is 1. The van der Waals surface area contributed by atoms with E-state index in [4.69, 9.17) is 10.3 Å². The molecule has 0 unspecified atom stereocenters. The van der Waals surface area contributed by atoms with E-state index in [0.717, 1.165) is 30.6 Å². The molecule has 0 radical (unpaired) electrons. The average molecular weight is 276 g/mol. The number of hydrogen-bond acceptors (Lipinski definition) is 6. The van der Waals surface area contributed by atoms with Gasteiger partial charge in [-0.3, -0.25) is 4.98 Å². The Morgan fingerprint density at radius 1 is 1.26 bits per heavy atom. The molecule has 6 heteroatoms. The van der Waals surface area contributed by atoms with E-state index in [2.05, 4.69) is 15.1 Å². The van der Waals surface area contributed by atoms with Gasteiger partial charge in [0.15, 0.2) is 5.82 Å². The van der Waals surface area contributed by atoms with Crippen molar-refractivity contribution in [1.82, 2.24) is 15.1 Å². The van der Waals surface area contributed by atoms with Crippen LogP contribution in [0.25, 0.3) is 0 Å². The zero-order valence-electron chi connectivity index (χ0n) is 10.6. The summed E-state index contributed by atoms with van der Waals surface area (Å²) in [6, 6.07) is 3.92. The first-order valence-electron chi connectivity index (χ1n) is 6.41. The van der Waals surface area contributed by atoms with Crippen LogP contribution in [-0.2, 0) is 11.3 Å². The first kappa shape index (κ1) is 12.6. The predicted octanol–water partition coefficient (Wildman–Crippen LogP) is 2.48. The summed E-state index contributed by atoms with van der Waals surface area (Å²) in [5.41, 5.74) is 5.93. The first-order valence-corrected chi connectivity index (χ1v) is 7.40. The maximum atomic E-state index is 6.30. The van der Waals surface area contributed by atoms with Crippen molar-refractivity contribution in [3.8, 4) is 0 Å². The van der Waals surface area contributed by atoms with Crippen LogP contribution in [0.15, 0.2) is 33.9 Å². The normalized spacial score (nSPS) is 17.7. The molecule has 5 nitrogen and oxygen atoms in total. The number of nitrogens with zero attached hydrogens (tertiary/aromatic N) is 3. The van der Waals surface area contributed by atoms with Crippen molar-refractivity contribution in [2.75, 3.05) is 0 Å². The minimum atomic E-state index is -0.372. The number of aromatic nitrogens is 3. The molecule has 2 N–H and O–H groups in total. The molecular formula is C13H16N4OS. The van der Waals surface area contributed by atoms with Crippen LogP contribution >= 0.6 is 11.8 Å². The molecule has 1 aliphatic carbocycles. The second-order valence-electron chi connectivity index (χ2n) is 4.85. The molecule has 0 aromatic carbocycles. The van der Waals surface area contributed by atoms with Crippen molar-refractivity contribution < 1.29 is 4.52 Å². The Labute approximate surface area is 116 Å². The fourth-order valence-electron chi connectivity index (χ4n) is 2.32. The number of thioether (sulfide) groups is 1. The molecule has 1 fully saturated rings. The summed E-state index contributed by atoms with van der Waals surface area (Å²) in [7, 11) is 0. The van der Waals surface area contributed by atoms with Crippen LogP contribution in [0.4, 0.5) is 0 Å². The molecule has 100 valence electrons. The summed E-state index contributed by atoms with van der Waals surface area (Å²) in [4.78, 5) is 9.56. The maximum Gasteiger partial charge on any atom is 0.237 e. The molecule has 2 heterocycles. The van der Waals surface area contributed by atoms with Crippen LogP contribution in [0.2, 0.25) is 0 Å². The molecule has 2 aromatic heterocycles. The van der Waals surface area contributed by atoms with Gasteiger partial charge in [-0.2, -0.15) is 4.98 Å². The van der Waals surface area contributed by atoms with Gasteiger partial charge in [-0.15, -0.1) is 11.8 Å². The molecule has 0 amide bonds. The monoisotopic (exact) mass is 276 g/mol. The van der Waals surface area contributed by atoms with E-state index in [1.165, 1.54) is 0 Å². The molecule has 1 aliphatic rings. The van der Waals surface area contributed by atoms with E-state index in [1.807, 2.05) is 12.1 Å². The molecule has 19 heavy (non-hydrogen) atoms. The molecule has 0 saturated heterocycles. The highest BCUT2D eigenvalue weighted by atomic mass is 32.2. The second-order valence-corrected chi connectivity index (χ2v) is 5.90. The largest absolute Gasteiger partial charge is 0.338 e. The summed E-state index contributed by atoms with van der Waals surface area (Å²) < 4.78 is 5.29. The predicted molar refractivity (Wildman–Crippen MR) is 72.4 cm³/mol. The van der Waals surface area contributed by atoms with Gasteiger partial charge in [0, 0.05) is 17.3 Å². The van der Waals surface area contributed by atoms with Crippen LogP contribution in [0.1, 0.15) is 37.4 Å². The Morgan fingerprint density at radius 2 is 2.00 bits per heavy atom. The van der Waals surface area contributed by atoms with E-state index in [0.29, 0.717) is 17.5 Å². The summed E-state index contributed by atoms with van der Waals surface area (Å²) in [6.07, 6.45) is 7.73. The molecule has 0 atom stereocenters. The zero-order chi connectivity index (χ0) is 13.1. The van der Waals surface area contributed by atoms with E-state index in [1.54, 1.807) is 24.2 Å². The summed E-state index contributed by atoms with van der Waals surface area (Å²) >= 11 is 1.65. The lowest BCUT2D eigenvalue weighted by Gasteiger charge is -2.17. The average Bonchev–Trinajstić information content (AvgIpc) is 3.07. The van der Waals surface area contributed by atoms with Gasteiger partial charge in [-0.05, 0) is 25.0 Å². The van der Waals surface area contributed by atoms with Gasteiger partial charge >= 0.3 is 0 Å².